The van der Waals surface area contributed by atoms with Gasteiger partial charge in [-0.25, -0.2) is 8.42 Å². The molecule has 9 heteroatoms. The van der Waals surface area contributed by atoms with Crippen LogP contribution in [0.25, 0.3) is 0 Å². The maximum atomic E-state index is 12.9. The molecule has 0 radical (unpaired) electrons. The maximum Gasteiger partial charge on any atom is 0.271 e. The van der Waals surface area contributed by atoms with Crippen LogP contribution in [0.3, 0.4) is 0 Å². The van der Waals surface area contributed by atoms with Crippen molar-refractivity contribution < 1.29 is 18.0 Å². The highest BCUT2D eigenvalue weighted by Gasteiger charge is 2.50. The van der Waals surface area contributed by atoms with Gasteiger partial charge in [0.05, 0.1) is 23.1 Å². The molecule has 8 nitrogen and oxygen atoms in total. The van der Waals surface area contributed by atoms with E-state index in [1.165, 1.54) is 28.6 Å². The average Bonchev–Trinajstić information content (AvgIpc) is 3.28. The summed E-state index contributed by atoms with van der Waals surface area (Å²) >= 11 is 0. The van der Waals surface area contributed by atoms with Gasteiger partial charge < -0.3 is 9.74 Å². The van der Waals surface area contributed by atoms with Gasteiger partial charge in [0.2, 0.25) is 10.0 Å². The van der Waals surface area contributed by atoms with Gasteiger partial charge >= 0.3 is 0 Å². The Morgan fingerprint density at radius 2 is 2.04 bits per heavy atom. The topological polar surface area (TPSA) is 103 Å². The van der Waals surface area contributed by atoms with Crippen LogP contribution in [0.5, 0.6) is 0 Å². The van der Waals surface area contributed by atoms with Crippen LogP contribution in [-0.4, -0.2) is 61.0 Å². The minimum absolute atomic E-state index is 0.0357. The van der Waals surface area contributed by atoms with Crippen LogP contribution in [0.1, 0.15) is 32.3 Å². The number of carbonyl (C=O) groups is 1. The van der Waals surface area contributed by atoms with Crippen LogP contribution < -0.4 is 0 Å². The molecule has 1 aromatic rings. The fraction of sp³-hybridized carbons (Fsp3) is 0.500. The van der Waals surface area contributed by atoms with Crippen molar-refractivity contribution in [1.29, 1.82) is 5.26 Å². The Bertz CT molecular complexity index is 918. The van der Waals surface area contributed by atoms with Gasteiger partial charge in [0, 0.05) is 32.5 Å². The lowest BCUT2D eigenvalue weighted by Gasteiger charge is -2.23. The van der Waals surface area contributed by atoms with Crippen molar-refractivity contribution in [2.24, 2.45) is 5.16 Å². The van der Waals surface area contributed by atoms with Crippen molar-refractivity contribution in [1.82, 2.24) is 9.21 Å². The second-order valence-electron chi connectivity index (χ2n) is 7.22. The van der Waals surface area contributed by atoms with E-state index in [0.717, 1.165) is 0 Å². The van der Waals surface area contributed by atoms with Crippen LogP contribution in [0.15, 0.2) is 34.3 Å². The van der Waals surface area contributed by atoms with E-state index in [1.54, 1.807) is 11.9 Å². The molecule has 1 fully saturated rings. The molecule has 0 aliphatic carbocycles. The van der Waals surface area contributed by atoms with E-state index in [1.807, 2.05) is 19.9 Å². The highest BCUT2D eigenvalue weighted by atomic mass is 32.2. The van der Waals surface area contributed by atoms with Crippen molar-refractivity contribution >= 4 is 21.6 Å². The Balaban J connectivity index is 1.72. The number of nitriles is 1. The van der Waals surface area contributed by atoms with Gasteiger partial charge in [-0.1, -0.05) is 5.16 Å². The number of nitrogens with zero attached hydrogens (tertiary/aromatic N) is 4. The zero-order chi connectivity index (χ0) is 19.8. The number of amides is 1. The average molecular weight is 390 g/mol. The normalized spacial score (nSPS) is 22.6. The Labute approximate surface area is 159 Å². The van der Waals surface area contributed by atoms with Gasteiger partial charge in [0.15, 0.2) is 5.60 Å². The summed E-state index contributed by atoms with van der Waals surface area (Å²) in [4.78, 5) is 19.7. The largest absolute Gasteiger partial charge is 0.387 e. The van der Waals surface area contributed by atoms with Crippen molar-refractivity contribution in [2.75, 3.05) is 20.1 Å². The summed E-state index contributed by atoms with van der Waals surface area (Å²) in [5, 5.41) is 12.8. The maximum absolute atomic E-state index is 12.9. The highest BCUT2D eigenvalue weighted by molar-refractivity contribution is 7.89. The minimum atomic E-state index is -3.70. The molecule has 144 valence electrons. The smallest absolute Gasteiger partial charge is 0.271 e. The number of benzene rings is 1. The monoisotopic (exact) mass is 390 g/mol. The van der Waals surface area contributed by atoms with Crippen LogP contribution in [-0.2, 0) is 19.7 Å². The molecule has 0 N–H and O–H groups in total. The van der Waals surface area contributed by atoms with Crippen LogP contribution in [0.2, 0.25) is 0 Å². The summed E-state index contributed by atoms with van der Waals surface area (Å²) in [7, 11) is -1.99. The quantitative estimate of drug-likeness (QED) is 0.772. The van der Waals surface area contributed by atoms with Gasteiger partial charge in [0.1, 0.15) is 5.71 Å². The van der Waals surface area contributed by atoms with Crippen molar-refractivity contribution in [3.8, 4) is 6.07 Å². The van der Waals surface area contributed by atoms with E-state index >= 15 is 0 Å². The number of sulfonamides is 1. The third kappa shape index (κ3) is 3.55. The van der Waals surface area contributed by atoms with E-state index in [2.05, 4.69) is 5.16 Å². The van der Waals surface area contributed by atoms with Crippen molar-refractivity contribution in [3.05, 3.63) is 29.8 Å². The van der Waals surface area contributed by atoms with Crippen LogP contribution in [0.4, 0.5) is 0 Å². The number of rotatable bonds is 4. The molecule has 2 aliphatic rings. The van der Waals surface area contributed by atoms with E-state index < -0.39 is 15.6 Å². The van der Waals surface area contributed by atoms with E-state index in [-0.39, 0.29) is 23.4 Å². The molecule has 3 rings (SSSR count). The Morgan fingerprint density at radius 1 is 1.37 bits per heavy atom. The molecule has 0 bridgehead atoms. The van der Waals surface area contributed by atoms with Gasteiger partial charge in [-0.2, -0.15) is 9.57 Å². The first-order chi connectivity index (χ1) is 12.7. The number of hydrogen-bond donors (Lipinski definition) is 0. The Morgan fingerprint density at radius 3 is 2.63 bits per heavy atom. The molecule has 1 amide bonds. The third-order valence-corrected chi connectivity index (χ3v) is 6.94. The van der Waals surface area contributed by atoms with E-state index in [0.29, 0.717) is 30.7 Å². The summed E-state index contributed by atoms with van der Waals surface area (Å²) in [6, 6.07) is 7.82. The van der Waals surface area contributed by atoms with E-state index in [9.17, 15) is 13.2 Å². The zero-order valence-corrected chi connectivity index (χ0v) is 16.4. The molecule has 27 heavy (non-hydrogen) atoms. The fourth-order valence-corrected chi connectivity index (χ4v) is 4.67. The molecule has 1 aromatic carbocycles. The fourth-order valence-electron chi connectivity index (χ4n) is 3.16. The summed E-state index contributed by atoms with van der Waals surface area (Å²) in [6.07, 6.45) is 0.760. The minimum Gasteiger partial charge on any atom is -0.387 e. The molecule has 1 saturated heterocycles. The summed E-state index contributed by atoms with van der Waals surface area (Å²) in [5.74, 6) is -0.199. The Kier molecular flexibility index (Phi) is 4.97. The summed E-state index contributed by atoms with van der Waals surface area (Å²) in [5.41, 5.74) is -0.0664. The molecule has 0 aromatic heterocycles. The molecular formula is C18H22N4O4S. The standard InChI is InChI=1S/C18H22N4O4S/c1-13(2)21(3)17(23)16-10-18(26-20-16)8-9-22(12-18)27(24,25)15-6-4-14(11-19)5-7-15/h4-7,13H,8-10,12H2,1-3H3/t18-/m1/s1. The zero-order valence-electron chi connectivity index (χ0n) is 15.5. The molecule has 0 unspecified atom stereocenters. The van der Waals surface area contributed by atoms with Crippen LogP contribution in [0, 0.1) is 11.3 Å². The summed E-state index contributed by atoms with van der Waals surface area (Å²) in [6.45, 7) is 4.25. The first-order valence-corrected chi connectivity index (χ1v) is 10.1. The van der Waals surface area contributed by atoms with Crippen molar-refractivity contribution in [3.63, 3.8) is 0 Å². The molecular weight excluding hydrogens is 368 g/mol. The van der Waals surface area contributed by atoms with Gasteiger partial charge in [-0.3, -0.25) is 4.79 Å². The molecule has 0 saturated carbocycles. The predicted octanol–water partition coefficient (Wildman–Crippen LogP) is 1.33. The lowest BCUT2D eigenvalue weighted by molar-refractivity contribution is -0.124. The second kappa shape index (κ2) is 6.94. The SMILES string of the molecule is CC(C)N(C)C(=O)C1=NO[C@]2(CCN(S(=O)(=O)c3ccc(C#N)cc3)C2)C1. The summed E-state index contributed by atoms with van der Waals surface area (Å²) < 4.78 is 27.1. The van der Waals surface area contributed by atoms with Crippen molar-refractivity contribution in [2.45, 2.75) is 43.2 Å². The molecule has 1 atom stereocenters. The number of hydrogen-bond acceptors (Lipinski definition) is 6. The highest BCUT2D eigenvalue weighted by Crippen LogP contribution is 2.36. The first kappa shape index (κ1) is 19.3. The van der Waals surface area contributed by atoms with E-state index in [4.69, 9.17) is 10.1 Å². The van der Waals surface area contributed by atoms with Gasteiger partial charge in [-0.15, -0.1) is 0 Å². The van der Waals surface area contributed by atoms with Crippen LogP contribution >= 0.6 is 0 Å². The first-order valence-electron chi connectivity index (χ1n) is 8.71. The predicted molar refractivity (Wildman–Crippen MR) is 98.3 cm³/mol. The lowest BCUT2D eigenvalue weighted by atomic mass is 9.96. The number of oxime groups is 1. The Hall–Kier alpha value is -2.44. The number of carbonyl (C=O) groups excluding carboxylic acids is 1. The molecule has 1 spiro atoms. The van der Waals surface area contributed by atoms with Gasteiger partial charge in [0.25, 0.3) is 5.91 Å². The third-order valence-electron chi connectivity index (χ3n) is 5.08. The second-order valence-corrected chi connectivity index (χ2v) is 9.16. The lowest BCUT2D eigenvalue weighted by Crippen LogP contribution is -2.40. The molecule has 2 heterocycles. The molecule has 2 aliphatic heterocycles. The van der Waals surface area contributed by atoms with Gasteiger partial charge in [-0.05, 0) is 38.1 Å².